The smallest absolute Gasteiger partial charge is 0.143 e. The Labute approximate surface area is 152 Å². The molecule has 0 saturated heterocycles. The number of hydrogen-bond donors (Lipinski definition) is 2. The van der Waals surface area contributed by atoms with Gasteiger partial charge in [0.2, 0.25) is 0 Å². The molecule has 25 heavy (non-hydrogen) atoms. The molecule has 3 rings (SSSR count). The third-order valence-electron chi connectivity index (χ3n) is 3.68. The zero-order valence-corrected chi connectivity index (χ0v) is 15.0. The van der Waals surface area contributed by atoms with Crippen molar-refractivity contribution in [1.29, 1.82) is 0 Å². The molecule has 0 aliphatic carbocycles. The number of aryl methyl sites for hydroxylation is 1. The number of nitrogens with one attached hydrogen (secondary N) is 2. The van der Waals surface area contributed by atoms with E-state index in [-0.39, 0.29) is 6.04 Å². The van der Waals surface area contributed by atoms with E-state index in [1.54, 1.807) is 12.5 Å². The molecular weight excluding hydrogens is 336 g/mol. The van der Waals surface area contributed by atoms with Crippen LogP contribution < -0.4 is 10.6 Å². The lowest BCUT2D eigenvalue weighted by molar-refractivity contribution is 0.630. The highest BCUT2D eigenvalue weighted by atomic mass is 35.5. The largest absolute Gasteiger partial charge is 0.366 e. The Morgan fingerprint density at radius 1 is 1.20 bits per heavy atom. The van der Waals surface area contributed by atoms with Crippen LogP contribution in [0, 0.1) is 6.92 Å². The number of aromatic nitrogens is 4. The van der Waals surface area contributed by atoms with Crippen LogP contribution >= 0.6 is 11.6 Å². The van der Waals surface area contributed by atoms with Crippen molar-refractivity contribution in [3.05, 3.63) is 65.5 Å². The van der Waals surface area contributed by atoms with Crippen molar-refractivity contribution in [3.8, 4) is 5.82 Å². The molecule has 2 N–H and O–H groups in total. The van der Waals surface area contributed by atoms with Crippen LogP contribution in [0.1, 0.15) is 18.3 Å². The molecule has 6 nitrogen and oxygen atoms in total. The van der Waals surface area contributed by atoms with E-state index in [2.05, 4.69) is 32.5 Å². The van der Waals surface area contributed by atoms with E-state index in [0.29, 0.717) is 0 Å². The van der Waals surface area contributed by atoms with Gasteiger partial charge in [-0.25, -0.2) is 15.0 Å². The van der Waals surface area contributed by atoms with Crippen molar-refractivity contribution in [3.63, 3.8) is 0 Å². The second-order valence-electron chi connectivity index (χ2n) is 5.93. The molecule has 1 atom stereocenters. The monoisotopic (exact) mass is 356 g/mol. The highest BCUT2D eigenvalue weighted by Crippen LogP contribution is 2.12. The molecule has 0 aliphatic heterocycles. The van der Waals surface area contributed by atoms with Crippen molar-refractivity contribution in [2.24, 2.45) is 0 Å². The van der Waals surface area contributed by atoms with Crippen LogP contribution in [0.15, 0.2) is 49.1 Å². The van der Waals surface area contributed by atoms with Crippen LogP contribution in [0.25, 0.3) is 5.82 Å². The summed E-state index contributed by atoms with van der Waals surface area (Å²) in [5.74, 6) is 2.32. The van der Waals surface area contributed by atoms with Gasteiger partial charge in [-0.1, -0.05) is 23.7 Å². The van der Waals surface area contributed by atoms with Crippen LogP contribution in [0.4, 0.5) is 5.82 Å². The topological polar surface area (TPSA) is 67.7 Å². The van der Waals surface area contributed by atoms with Gasteiger partial charge in [0, 0.05) is 42.6 Å². The minimum absolute atomic E-state index is 0.220. The average Bonchev–Trinajstić information content (AvgIpc) is 3.11. The molecule has 7 heteroatoms. The van der Waals surface area contributed by atoms with E-state index < -0.39 is 0 Å². The van der Waals surface area contributed by atoms with E-state index in [1.807, 2.05) is 48.0 Å². The molecule has 0 aliphatic rings. The Morgan fingerprint density at radius 2 is 2.00 bits per heavy atom. The van der Waals surface area contributed by atoms with E-state index in [1.165, 1.54) is 5.56 Å². The maximum absolute atomic E-state index is 5.90. The zero-order chi connectivity index (χ0) is 17.6. The minimum Gasteiger partial charge on any atom is -0.366 e. The van der Waals surface area contributed by atoms with Gasteiger partial charge in [0.05, 0.1) is 0 Å². The third kappa shape index (κ3) is 5.01. The van der Waals surface area contributed by atoms with Crippen LogP contribution in [0.3, 0.4) is 0 Å². The van der Waals surface area contributed by atoms with E-state index in [9.17, 15) is 0 Å². The number of nitrogens with zero attached hydrogens (tertiary/aromatic N) is 4. The Hall–Kier alpha value is -2.44. The summed E-state index contributed by atoms with van der Waals surface area (Å²) in [5, 5.41) is 7.60. The number of imidazole rings is 1. The highest BCUT2D eigenvalue weighted by molar-refractivity contribution is 6.30. The molecular formula is C18H21ClN6. The number of hydrogen-bond acceptors (Lipinski definition) is 5. The number of halogens is 1. The lowest BCUT2D eigenvalue weighted by Crippen LogP contribution is -2.30. The first-order chi connectivity index (χ1) is 12.1. The van der Waals surface area contributed by atoms with Gasteiger partial charge in [-0.05, 0) is 31.5 Å². The van der Waals surface area contributed by atoms with Crippen LogP contribution in [-0.4, -0.2) is 32.1 Å². The van der Waals surface area contributed by atoms with E-state index in [0.717, 1.165) is 35.6 Å². The van der Waals surface area contributed by atoms with E-state index >= 15 is 0 Å². The van der Waals surface area contributed by atoms with Crippen molar-refractivity contribution in [2.45, 2.75) is 26.4 Å². The molecule has 0 radical (unpaired) electrons. The SMILES string of the molecule is Cc1nc(N[C@H](C)CNCc2ccc(Cl)cc2)cc(-n2ccnc2)n1. The fourth-order valence-corrected chi connectivity index (χ4v) is 2.62. The fourth-order valence-electron chi connectivity index (χ4n) is 2.49. The third-order valence-corrected chi connectivity index (χ3v) is 3.93. The zero-order valence-electron chi connectivity index (χ0n) is 14.3. The Kier molecular flexibility index (Phi) is 5.63. The molecule has 0 unspecified atom stereocenters. The molecule has 0 amide bonds. The summed E-state index contributed by atoms with van der Waals surface area (Å²) < 4.78 is 1.86. The molecule has 0 saturated carbocycles. The molecule has 0 spiro atoms. The molecule has 0 fully saturated rings. The van der Waals surface area contributed by atoms with Crippen molar-refractivity contribution >= 4 is 17.4 Å². The van der Waals surface area contributed by atoms with Crippen molar-refractivity contribution in [1.82, 2.24) is 24.8 Å². The van der Waals surface area contributed by atoms with Gasteiger partial charge >= 0.3 is 0 Å². The summed E-state index contributed by atoms with van der Waals surface area (Å²) in [6, 6.07) is 10.0. The molecule has 2 heterocycles. The van der Waals surface area contributed by atoms with Gasteiger partial charge in [0.1, 0.15) is 23.8 Å². The maximum atomic E-state index is 5.90. The second kappa shape index (κ2) is 8.09. The number of anilines is 1. The lowest BCUT2D eigenvalue weighted by Gasteiger charge is -2.16. The first kappa shape index (κ1) is 17.4. The van der Waals surface area contributed by atoms with Gasteiger partial charge in [-0.15, -0.1) is 0 Å². The summed E-state index contributed by atoms with van der Waals surface area (Å²) in [6.45, 7) is 5.61. The van der Waals surface area contributed by atoms with Gasteiger partial charge < -0.3 is 10.6 Å². The van der Waals surface area contributed by atoms with Gasteiger partial charge in [-0.3, -0.25) is 4.57 Å². The molecule has 3 aromatic rings. The first-order valence-corrected chi connectivity index (χ1v) is 8.53. The van der Waals surface area contributed by atoms with Crippen LogP contribution in [-0.2, 0) is 6.54 Å². The average molecular weight is 357 g/mol. The molecule has 2 aromatic heterocycles. The minimum atomic E-state index is 0.220. The van der Waals surface area contributed by atoms with Gasteiger partial charge in [-0.2, -0.15) is 0 Å². The predicted molar refractivity (Wildman–Crippen MR) is 100 cm³/mol. The predicted octanol–water partition coefficient (Wildman–Crippen LogP) is 3.21. The van der Waals surface area contributed by atoms with Crippen LogP contribution in [0.5, 0.6) is 0 Å². The second-order valence-corrected chi connectivity index (χ2v) is 6.37. The summed E-state index contributed by atoms with van der Waals surface area (Å²) in [6.07, 6.45) is 5.32. The Morgan fingerprint density at radius 3 is 2.72 bits per heavy atom. The molecule has 130 valence electrons. The summed E-state index contributed by atoms with van der Waals surface area (Å²) in [5.41, 5.74) is 1.21. The summed E-state index contributed by atoms with van der Waals surface area (Å²) in [4.78, 5) is 13.0. The van der Waals surface area contributed by atoms with Crippen molar-refractivity contribution < 1.29 is 0 Å². The first-order valence-electron chi connectivity index (χ1n) is 8.16. The van der Waals surface area contributed by atoms with Gasteiger partial charge in [0.25, 0.3) is 0 Å². The summed E-state index contributed by atoms with van der Waals surface area (Å²) in [7, 11) is 0. The van der Waals surface area contributed by atoms with Gasteiger partial charge in [0.15, 0.2) is 0 Å². The quantitative estimate of drug-likeness (QED) is 0.680. The normalized spacial score (nSPS) is 12.1. The fraction of sp³-hybridized carbons (Fsp3) is 0.278. The van der Waals surface area contributed by atoms with Crippen molar-refractivity contribution in [2.75, 3.05) is 11.9 Å². The molecule has 0 bridgehead atoms. The maximum Gasteiger partial charge on any atom is 0.143 e. The molecule has 1 aromatic carbocycles. The summed E-state index contributed by atoms with van der Waals surface area (Å²) >= 11 is 5.90. The Bertz CT molecular complexity index is 801. The standard InChI is InChI=1S/C18H21ClN6/c1-13(10-21-11-15-3-5-16(19)6-4-15)22-17-9-18(24-14(2)23-17)25-8-7-20-12-25/h3-9,12-13,21H,10-11H2,1-2H3,(H,22,23,24)/t13-/m1/s1. The number of benzene rings is 1. The van der Waals surface area contributed by atoms with E-state index in [4.69, 9.17) is 11.6 Å². The highest BCUT2D eigenvalue weighted by Gasteiger charge is 2.07. The lowest BCUT2D eigenvalue weighted by atomic mass is 10.2. The van der Waals surface area contributed by atoms with Crippen LogP contribution in [0.2, 0.25) is 5.02 Å². The Balaban J connectivity index is 1.55. The number of rotatable bonds is 7.